The van der Waals surface area contributed by atoms with Crippen molar-refractivity contribution in [3.05, 3.63) is 23.8 Å². The van der Waals surface area contributed by atoms with Gasteiger partial charge in [0.1, 0.15) is 5.75 Å². The van der Waals surface area contributed by atoms with E-state index in [9.17, 15) is 0 Å². The summed E-state index contributed by atoms with van der Waals surface area (Å²) in [6, 6.07) is 6.85. The molecular formula is C13H22O5Si2. The smallest absolute Gasteiger partial charge is 0.520 e. The molecule has 0 fully saturated rings. The Kier molecular flexibility index (Phi) is 4.67. The van der Waals surface area contributed by atoms with Crippen LogP contribution < -0.4 is 9.61 Å². The molecule has 7 heteroatoms. The molecule has 0 radical (unpaired) electrons. The number of benzene rings is 1. The molecule has 0 spiro atoms. The SMILES string of the molecule is CC[Si]1(C)OCc2cc([Si](OC)(OC)OC)ccc2O1. The molecule has 5 nitrogen and oxygen atoms in total. The van der Waals surface area contributed by atoms with Gasteiger partial charge in [0.2, 0.25) is 0 Å². The van der Waals surface area contributed by atoms with E-state index in [1.165, 1.54) is 0 Å². The lowest BCUT2D eigenvalue weighted by atomic mass is 10.2. The van der Waals surface area contributed by atoms with Gasteiger partial charge in [-0.3, -0.25) is 0 Å². The van der Waals surface area contributed by atoms with E-state index >= 15 is 0 Å². The van der Waals surface area contributed by atoms with Crippen LogP contribution in [0.2, 0.25) is 12.6 Å². The van der Waals surface area contributed by atoms with Crippen LogP contribution in [-0.4, -0.2) is 38.7 Å². The van der Waals surface area contributed by atoms with Crippen molar-refractivity contribution >= 4 is 22.6 Å². The summed E-state index contributed by atoms with van der Waals surface area (Å²) in [5.74, 6) is 0.905. The van der Waals surface area contributed by atoms with Crippen LogP contribution in [0.5, 0.6) is 5.75 Å². The number of rotatable bonds is 5. The van der Waals surface area contributed by atoms with E-state index in [4.69, 9.17) is 22.1 Å². The molecule has 0 aliphatic carbocycles. The van der Waals surface area contributed by atoms with Crippen molar-refractivity contribution in [2.75, 3.05) is 21.3 Å². The molecular weight excluding hydrogens is 292 g/mol. The minimum atomic E-state index is -2.80. The van der Waals surface area contributed by atoms with Gasteiger partial charge >= 0.3 is 17.4 Å². The van der Waals surface area contributed by atoms with Crippen molar-refractivity contribution in [1.82, 2.24) is 0 Å². The van der Waals surface area contributed by atoms with Crippen molar-refractivity contribution in [1.29, 1.82) is 0 Å². The van der Waals surface area contributed by atoms with Crippen LogP contribution in [0.4, 0.5) is 0 Å². The highest BCUT2D eigenvalue weighted by atomic mass is 28.4. The molecule has 1 aromatic rings. The maximum Gasteiger partial charge on any atom is 0.536 e. The summed E-state index contributed by atoms with van der Waals surface area (Å²) in [4.78, 5) is 0. The molecule has 20 heavy (non-hydrogen) atoms. The molecule has 1 aliphatic heterocycles. The van der Waals surface area contributed by atoms with Crippen LogP contribution in [0.3, 0.4) is 0 Å². The van der Waals surface area contributed by atoms with Crippen molar-refractivity contribution in [3.8, 4) is 5.75 Å². The van der Waals surface area contributed by atoms with Gasteiger partial charge < -0.3 is 22.1 Å². The van der Waals surface area contributed by atoms with Crippen LogP contribution in [0.15, 0.2) is 18.2 Å². The quantitative estimate of drug-likeness (QED) is 0.775. The third-order valence-corrected chi connectivity index (χ3v) is 9.04. The zero-order chi connectivity index (χ0) is 14.8. The van der Waals surface area contributed by atoms with Crippen molar-refractivity contribution in [2.45, 2.75) is 26.1 Å². The molecule has 1 atom stereocenters. The molecule has 1 aliphatic rings. The topological polar surface area (TPSA) is 46.2 Å². The predicted octanol–water partition coefficient (Wildman–Crippen LogP) is 1.77. The lowest BCUT2D eigenvalue weighted by Crippen LogP contribution is -2.55. The van der Waals surface area contributed by atoms with Crippen LogP contribution in [0.1, 0.15) is 12.5 Å². The zero-order valence-electron chi connectivity index (χ0n) is 12.7. The Labute approximate surface area is 122 Å². The monoisotopic (exact) mass is 314 g/mol. The summed E-state index contributed by atoms with van der Waals surface area (Å²) in [6.45, 7) is 4.76. The van der Waals surface area contributed by atoms with Gasteiger partial charge in [0, 0.05) is 32.1 Å². The van der Waals surface area contributed by atoms with Gasteiger partial charge in [0.15, 0.2) is 0 Å². The van der Waals surface area contributed by atoms with Gasteiger partial charge in [0.25, 0.3) is 0 Å². The highest BCUT2D eigenvalue weighted by molar-refractivity contribution is 6.75. The molecule has 1 heterocycles. The summed E-state index contributed by atoms with van der Waals surface area (Å²) >= 11 is 0. The lowest BCUT2D eigenvalue weighted by molar-refractivity contribution is 0.140. The Morgan fingerprint density at radius 2 is 1.85 bits per heavy atom. The Bertz CT molecular complexity index is 470. The van der Waals surface area contributed by atoms with Crippen molar-refractivity contribution in [2.24, 2.45) is 0 Å². The molecule has 0 N–H and O–H groups in total. The fraction of sp³-hybridized carbons (Fsp3) is 0.538. The molecule has 0 saturated carbocycles. The molecule has 1 unspecified atom stereocenters. The number of fused-ring (bicyclic) bond motifs is 1. The van der Waals surface area contributed by atoms with Crippen molar-refractivity contribution in [3.63, 3.8) is 0 Å². The van der Waals surface area contributed by atoms with Gasteiger partial charge in [-0.05, 0) is 24.7 Å². The predicted molar refractivity (Wildman–Crippen MR) is 80.4 cm³/mol. The van der Waals surface area contributed by atoms with E-state index in [0.29, 0.717) is 6.61 Å². The normalized spacial score (nSPS) is 22.2. The summed E-state index contributed by atoms with van der Waals surface area (Å²) in [7, 11) is -0.0172. The first-order valence-electron chi connectivity index (χ1n) is 6.64. The molecule has 2 rings (SSSR count). The maximum absolute atomic E-state index is 6.05. The standard InChI is InChI=1S/C13H22O5Si2/c1-6-19(5)17-10-11-9-12(7-8-13(11)18-19)20(14-2,15-3)16-4/h7-9H,6,10H2,1-5H3. The van der Waals surface area contributed by atoms with Crippen LogP contribution in [0, 0.1) is 0 Å². The van der Waals surface area contributed by atoms with E-state index in [0.717, 1.165) is 22.5 Å². The Balaban J connectivity index is 2.34. The van der Waals surface area contributed by atoms with Crippen LogP contribution in [0.25, 0.3) is 0 Å². The molecule has 0 saturated heterocycles. The average molecular weight is 314 g/mol. The van der Waals surface area contributed by atoms with E-state index in [-0.39, 0.29) is 0 Å². The third kappa shape index (κ3) is 2.69. The Hall–Kier alpha value is -0.706. The highest BCUT2D eigenvalue weighted by Crippen LogP contribution is 2.30. The summed E-state index contributed by atoms with van der Waals surface area (Å²) in [5, 5.41) is 0.915. The summed E-state index contributed by atoms with van der Waals surface area (Å²) < 4.78 is 28.5. The second-order valence-corrected chi connectivity index (χ2v) is 11.3. The summed E-state index contributed by atoms with van der Waals surface area (Å²) in [6.07, 6.45) is 0. The van der Waals surface area contributed by atoms with E-state index in [1.807, 2.05) is 18.2 Å². The Morgan fingerprint density at radius 1 is 1.20 bits per heavy atom. The van der Waals surface area contributed by atoms with E-state index < -0.39 is 17.4 Å². The minimum absolute atomic E-state index is 0.571. The zero-order valence-corrected chi connectivity index (χ0v) is 14.7. The average Bonchev–Trinajstić information content (AvgIpc) is 2.49. The van der Waals surface area contributed by atoms with Gasteiger partial charge in [-0.25, -0.2) is 0 Å². The molecule has 0 amide bonds. The first-order valence-corrected chi connectivity index (χ1v) is 10.9. The summed E-state index contributed by atoms with van der Waals surface area (Å²) in [5.41, 5.74) is 1.02. The highest BCUT2D eigenvalue weighted by Gasteiger charge is 2.42. The first-order chi connectivity index (χ1) is 9.52. The minimum Gasteiger partial charge on any atom is -0.520 e. The van der Waals surface area contributed by atoms with E-state index in [2.05, 4.69) is 13.5 Å². The fourth-order valence-corrected chi connectivity index (χ4v) is 5.63. The fourth-order valence-electron chi connectivity index (χ4n) is 2.25. The Morgan fingerprint density at radius 3 is 2.40 bits per heavy atom. The van der Waals surface area contributed by atoms with Crippen LogP contribution in [-0.2, 0) is 24.3 Å². The van der Waals surface area contributed by atoms with Gasteiger partial charge in [-0.2, -0.15) is 0 Å². The number of hydrogen-bond donors (Lipinski definition) is 0. The molecule has 0 aromatic heterocycles. The molecule has 1 aromatic carbocycles. The maximum atomic E-state index is 6.05. The second-order valence-electron chi connectivity index (χ2n) is 4.87. The third-order valence-electron chi connectivity index (χ3n) is 3.72. The number of hydrogen-bond acceptors (Lipinski definition) is 5. The van der Waals surface area contributed by atoms with Crippen molar-refractivity contribution < 1.29 is 22.1 Å². The van der Waals surface area contributed by atoms with Gasteiger partial charge in [-0.1, -0.05) is 13.0 Å². The molecule has 112 valence electrons. The second kappa shape index (κ2) is 5.96. The largest absolute Gasteiger partial charge is 0.536 e. The van der Waals surface area contributed by atoms with Gasteiger partial charge in [0.05, 0.1) is 6.61 Å². The van der Waals surface area contributed by atoms with Gasteiger partial charge in [-0.15, -0.1) is 0 Å². The first kappa shape index (κ1) is 15.7. The van der Waals surface area contributed by atoms with Crippen LogP contribution >= 0.6 is 0 Å². The van der Waals surface area contributed by atoms with E-state index in [1.54, 1.807) is 21.3 Å². The molecule has 0 bridgehead atoms. The lowest BCUT2D eigenvalue weighted by Gasteiger charge is -2.33.